The lowest BCUT2D eigenvalue weighted by molar-refractivity contribution is 0.0706. The molecule has 5 heteroatoms. The minimum absolute atomic E-state index is 0. The van der Waals surface area contributed by atoms with E-state index in [4.69, 9.17) is 13.3 Å². The van der Waals surface area contributed by atoms with Gasteiger partial charge in [0.15, 0.2) is 0 Å². The molecule has 0 unspecified atom stereocenters. The maximum atomic E-state index is 5.90. The molecule has 0 heterocycles. The van der Waals surface area contributed by atoms with E-state index in [0.717, 1.165) is 6.04 Å². The first-order valence-electron chi connectivity index (χ1n) is 10.2. The zero-order valence-corrected chi connectivity index (χ0v) is 18.6. The van der Waals surface area contributed by atoms with Crippen molar-refractivity contribution >= 4 is 21.2 Å². The second kappa shape index (κ2) is 19.7. The summed E-state index contributed by atoms with van der Waals surface area (Å²) < 4.78 is 17.7. The quantitative estimate of drug-likeness (QED) is 0.193. The van der Waals surface area contributed by atoms with Gasteiger partial charge in [-0.25, -0.2) is 0 Å². The fraction of sp³-hybridized carbons (Fsp3) is 1.00. The summed E-state index contributed by atoms with van der Waals surface area (Å²) in [4.78, 5) is 0. The monoisotopic (exact) mass is 382 g/mol. The Balaban J connectivity index is 0. The van der Waals surface area contributed by atoms with Gasteiger partial charge in [0.2, 0.25) is 0 Å². The summed E-state index contributed by atoms with van der Waals surface area (Å²) in [5.74, 6) is 0. The average molecular weight is 383 g/mol. The lowest BCUT2D eigenvalue weighted by atomic mass is 10.1. The minimum Gasteiger partial charge on any atom is -0.374 e. The fourth-order valence-electron chi connectivity index (χ4n) is 3.01. The van der Waals surface area contributed by atoms with Crippen molar-refractivity contribution < 1.29 is 13.3 Å². The lowest BCUT2D eigenvalue weighted by Gasteiger charge is -2.28. The SMILES string of the molecule is CCCCCCCCCCCCC[Si](OCC)(OCC)OCC.Cl. The van der Waals surface area contributed by atoms with Crippen LogP contribution in [-0.2, 0) is 13.3 Å². The van der Waals surface area contributed by atoms with Crippen LogP contribution in [0.2, 0.25) is 6.04 Å². The van der Waals surface area contributed by atoms with Gasteiger partial charge in [-0.15, -0.1) is 12.4 Å². The molecule has 0 aliphatic rings. The zero-order chi connectivity index (χ0) is 17.2. The van der Waals surface area contributed by atoms with Crippen LogP contribution in [0.15, 0.2) is 0 Å². The molecule has 0 fully saturated rings. The van der Waals surface area contributed by atoms with Crippen LogP contribution >= 0.6 is 12.4 Å². The number of hydrogen-bond acceptors (Lipinski definition) is 3. The van der Waals surface area contributed by atoms with Gasteiger partial charge in [-0.2, -0.15) is 0 Å². The molecule has 0 amide bonds. The third-order valence-corrected chi connectivity index (χ3v) is 7.33. The number of halogens is 1. The summed E-state index contributed by atoms with van der Waals surface area (Å²) in [6, 6.07) is 0.972. The largest absolute Gasteiger partial charge is 0.500 e. The van der Waals surface area contributed by atoms with E-state index in [1.807, 2.05) is 20.8 Å². The zero-order valence-electron chi connectivity index (χ0n) is 16.7. The van der Waals surface area contributed by atoms with Crippen LogP contribution in [0.25, 0.3) is 0 Å². The van der Waals surface area contributed by atoms with Crippen LogP contribution in [0.3, 0.4) is 0 Å². The molecule has 0 aliphatic heterocycles. The van der Waals surface area contributed by atoms with E-state index >= 15 is 0 Å². The maximum Gasteiger partial charge on any atom is 0.500 e. The summed E-state index contributed by atoms with van der Waals surface area (Å²) in [6.07, 6.45) is 15.0. The molecule has 0 saturated carbocycles. The molecule has 3 nitrogen and oxygen atoms in total. The van der Waals surface area contributed by atoms with E-state index in [1.54, 1.807) is 0 Å². The Kier molecular flexibility index (Phi) is 21.9. The molecule has 0 radical (unpaired) electrons. The van der Waals surface area contributed by atoms with Gasteiger partial charge < -0.3 is 13.3 Å². The number of hydrogen-bond donors (Lipinski definition) is 0. The molecule has 0 aliphatic carbocycles. The van der Waals surface area contributed by atoms with Crippen molar-refractivity contribution in [1.82, 2.24) is 0 Å². The van der Waals surface area contributed by atoms with E-state index in [-0.39, 0.29) is 12.4 Å². The van der Waals surface area contributed by atoms with Gasteiger partial charge >= 0.3 is 8.80 Å². The third-order valence-electron chi connectivity index (χ3n) is 4.18. The van der Waals surface area contributed by atoms with Gasteiger partial charge in [0.05, 0.1) is 0 Å². The Bertz CT molecular complexity index is 226. The molecular formula is C19H43ClO3Si. The summed E-state index contributed by atoms with van der Waals surface area (Å²) in [5.41, 5.74) is 0. The van der Waals surface area contributed by atoms with Crippen molar-refractivity contribution in [2.24, 2.45) is 0 Å². The Morgan fingerprint density at radius 2 is 0.833 bits per heavy atom. The summed E-state index contributed by atoms with van der Waals surface area (Å²) in [7, 11) is -2.39. The Hall–Kier alpha value is 0.387. The van der Waals surface area contributed by atoms with Crippen LogP contribution in [0, 0.1) is 0 Å². The second-order valence-electron chi connectivity index (χ2n) is 6.27. The van der Waals surface area contributed by atoms with Crippen LogP contribution in [0.1, 0.15) is 98.3 Å². The molecule has 0 spiro atoms. The number of rotatable bonds is 18. The molecule has 0 aromatic heterocycles. The Morgan fingerprint density at radius 1 is 0.500 bits per heavy atom. The van der Waals surface area contributed by atoms with E-state index in [9.17, 15) is 0 Å². The smallest absolute Gasteiger partial charge is 0.374 e. The van der Waals surface area contributed by atoms with E-state index < -0.39 is 8.80 Å². The summed E-state index contributed by atoms with van der Waals surface area (Å²) >= 11 is 0. The highest BCUT2D eigenvalue weighted by Gasteiger charge is 2.39. The third kappa shape index (κ3) is 14.7. The maximum absolute atomic E-state index is 5.90. The molecule has 0 rings (SSSR count). The highest BCUT2D eigenvalue weighted by Crippen LogP contribution is 2.21. The first kappa shape index (κ1) is 26.6. The van der Waals surface area contributed by atoms with E-state index in [1.165, 1.54) is 70.6 Å². The van der Waals surface area contributed by atoms with Crippen LogP contribution < -0.4 is 0 Å². The van der Waals surface area contributed by atoms with Crippen molar-refractivity contribution in [1.29, 1.82) is 0 Å². The molecule has 0 bridgehead atoms. The first-order valence-corrected chi connectivity index (χ1v) is 12.1. The standard InChI is InChI=1S/C19H42O3Si.ClH/c1-5-9-10-11-12-13-14-15-16-17-18-19-23(20-6-2,21-7-3)22-8-4;/h5-19H2,1-4H3;1H. The number of unbranched alkanes of at least 4 members (excludes halogenated alkanes) is 10. The summed E-state index contributed by atoms with van der Waals surface area (Å²) in [5, 5.41) is 0. The van der Waals surface area contributed by atoms with Crippen LogP contribution in [0.5, 0.6) is 0 Å². The highest BCUT2D eigenvalue weighted by molar-refractivity contribution is 6.60. The van der Waals surface area contributed by atoms with Crippen molar-refractivity contribution in [2.45, 2.75) is 104 Å². The van der Waals surface area contributed by atoms with Crippen LogP contribution in [-0.4, -0.2) is 28.6 Å². The molecule has 0 atom stereocenters. The van der Waals surface area contributed by atoms with Gasteiger partial charge in [-0.05, 0) is 27.2 Å². The lowest BCUT2D eigenvalue weighted by Crippen LogP contribution is -2.45. The Morgan fingerprint density at radius 3 is 1.17 bits per heavy atom. The molecule has 0 N–H and O–H groups in total. The molecule has 0 aromatic carbocycles. The average Bonchev–Trinajstić information content (AvgIpc) is 2.53. The molecular weight excluding hydrogens is 340 g/mol. The van der Waals surface area contributed by atoms with Gasteiger partial charge in [0.25, 0.3) is 0 Å². The predicted octanol–water partition coefficient (Wildman–Crippen LogP) is 6.77. The molecule has 148 valence electrons. The molecule has 24 heavy (non-hydrogen) atoms. The fourth-order valence-corrected chi connectivity index (χ4v) is 5.69. The topological polar surface area (TPSA) is 27.7 Å². The highest BCUT2D eigenvalue weighted by atomic mass is 35.5. The Labute approximate surface area is 159 Å². The second-order valence-corrected chi connectivity index (χ2v) is 9.00. The van der Waals surface area contributed by atoms with Gasteiger partial charge in [-0.3, -0.25) is 0 Å². The van der Waals surface area contributed by atoms with Gasteiger partial charge in [-0.1, -0.05) is 71.1 Å². The first-order chi connectivity index (χ1) is 11.2. The van der Waals surface area contributed by atoms with Crippen molar-refractivity contribution in [2.75, 3.05) is 19.8 Å². The predicted molar refractivity (Wildman–Crippen MR) is 109 cm³/mol. The normalized spacial score (nSPS) is 11.5. The molecule has 0 saturated heterocycles. The van der Waals surface area contributed by atoms with E-state index in [2.05, 4.69) is 6.92 Å². The van der Waals surface area contributed by atoms with E-state index in [0.29, 0.717) is 19.8 Å². The van der Waals surface area contributed by atoms with Gasteiger partial charge in [0.1, 0.15) is 0 Å². The van der Waals surface area contributed by atoms with Crippen molar-refractivity contribution in [3.8, 4) is 0 Å². The van der Waals surface area contributed by atoms with Crippen LogP contribution in [0.4, 0.5) is 0 Å². The van der Waals surface area contributed by atoms with Gasteiger partial charge in [0, 0.05) is 25.9 Å². The van der Waals surface area contributed by atoms with Crippen molar-refractivity contribution in [3.05, 3.63) is 0 Å². The van der Waals surface area contributed by atoms with Crippen molar-refractivity contribution in [3.63, 3.8) is 0 Å². The summed E-state index contributed by atoms with van der Waals surface area (Å²) in [6.45, 7) is 10.4. The minimum atomic E-state index is -2.39. The molecule has 0 aromatic rings.